The van der Waals surface area contributed by atoms with Gasteiger partial charge < -0.3 is 9.84 Å². The number of carbonyl (C=O) groups excluding carboxylic acids is 1. The van der Waals surface area contributed by atoms with Gasteiger partial charge in [-0.1, -0.05) is 59.6 Å². The van der Waals surface area contributed by atoms with Crippen LogP contribution < -0.4 is 10.2 Å². The van der Waals surface area contributed by atoms with Crippen LogP contribution in [0.25, 0.3) is 0 Å². The SMILES string of the molecule is O=C(N/N=C\c1cc(Br)c(OCc2ccc(Cl)cc2Cl)c(Br)c1)[C@@H](O)c1ccccc1. The van der Waals surface area contributed by atoms with Gasteiger partial charge in [-0.3, -0.25) is 4.79 Å². The van der Waals surface area contributed by atoms with Gasteiger partial charge in [-0.05, 0) is 67.3 Å². The Bertz CT molecular complexity index is 1090. The van der Waals surface area contributed by atoms with Crippen molar-refractivity contribution in [2.24, 2.45) is 5.10 Å². The van der Waals surface area contributed by atoms with E-state index < -0.39 is 12.0 Å². The van der Waals surface area contributed by atoms with Gasteiger partial charge >= 0.3 is 0 Å². The number of rotatable bonds is 7. The third-order valence-corrected chi connectivity index (χ3v) is 5.92. The summed E-state index contributed by atoms with van der Waals surface area (Å²) in [5.41, 5.74) is 4.32. The maximum Gasteiger partial charge on any atom is 0.273 e. The van der Waals surface area contributed by atoms with E-state index in [1.807, 2.05) is 0 Å². The number of hydrogen-bond donors (Lipinski definition) is 2. The van der Waals surface area contributed by atoms with Crippen LogP contribution in [0.15, 0.2) is 74.7 Å². The van der Waals surface area contributed by atoms with Crippen molar-refractivity contribution in [1.29, 1.82) is 0 Å². The lowest BCUT2D eigenvalue weighted by Gasteiger charge is -2.12. The average molecular weight is 587 g/mol. The highest BCUT2D eigenvalue weighted by atomic mass is 79.9. The number of nitrogens with zero attached hydrogens (tertiary/aromatic N) is 1. The summed E-state index contributed by atoms with van der Waals surface area (Å²) in [6.07, 6.45) is 0.164. The second-order valence-electron chi connectivity index (χ2n) is 6.39. The Morgan fingerprint density at radius 2 is 1.77 bits per heavy atom. The minimum absolute atomic E-state index is 0.258. The molecule has 1 atom stereocenters. The predicted octanol–water partition coefficient (Wildman–Crippen LogP) is 6.28. The summed E-state index contributed by atoms with van der Waals surface area (Å²) in [7, 11) is 0. The van der Waals surface area contributed by atoms with Crippen LogP contribution in [0.1, 0.15) is 22.8 Å². The molecule has 2 N–H and O–H groups in total. The van der Waals surface area contributed by atoms with Crippen LogP contribution in [0.5, 0.6) is 5.75 Å². The first-order valence-corrected chi connectivity index (χ1v) is 11.3. The van der Waals surface area contributed by atoms with Gasteiger partial charge in [0.1, 0.15) is 12.4 Å². The summed E-state index contributed by atoms with van der Waals surface area (Å²) in [6, 6.07) is 17.4. The molecule has 160 valence electrons. The van der Waals surface area contributed by atoms with Crippen LogP contribution in [-0.4, -0.2) is 17.2 Å². The average Bonchev–Trinajstić information content (AvgIpc) is 2.74. The van der Waals surface area contributed by atoms with Gasteiger partial charge in [0.05, 0.1) is 15.2 Å². The smallest absolute Gasteiger partial charge is 0.273 e. The van der Waals surface area contributed by atoms with Crippen molar-refractivity contribution in [3.63, 3.8) is 0 Å². The standard InChI is InChI=1S/C22H16Br2Cl2N2O3/c23-17-8-13(11-27-28-22(30)20(29)14-4-2-1-3-5-14)9-18(24)21(17)31-12-15-6-7-16(25)10-19(15)26/h1-11,20,29H,12H2,(H,28,30)/b27-11-/t20-/m0/s1. The van der Waals surface area contributed by atoms with Crippen molar-refractivity contribution in [3.8, 4) is 5.75 Å². The Labute approximate surface area is 206 Å². The van der Waals surface area contributed by atoms with Gasteiger partial charge in [0.15, 0.2) is 6.10 Å². The van der Waals surface area contributed by atoms with Crippen LogP contribution >= 0.6 is 55.1 Å². The zero-order valence-electron chi connectivity index (χ0n) is 15.9. The highest BCUT2D eigenvalue weighted by Crippen LogP contribution is 2.35. The molecular formula is C22H16Br2Cl2N2O3. The van der Waals surface area contributed by atoms with E-state index in [1.165, 1.54) is 6.21 Å². The Kier molecular flexibility index (Phi) is 8.51. The third kappa shape index (κ3) is 6.54. The predicted molar refractivity (Wildman–Crippen MR) is 130 cm³/mol. The summed E-state index contributed by atoms with van der Waals surface area (Å²) in [5, 5.41) is 15.1. The number of aliphatic hydroxyl groups excluding tert-OH is 1. The number of benzene rings is 3. The highest BCUT2D eigenvalue weighted by Gasteiger charge is 2.16. The fourth-order valence-corrected chi connectivity index (χ4v) is 4.51. The van der Waals surface area contributed by atoms with Crippen molar-refractivity contribution in [2.75, 3.05) is 0 Å². The van der Waals surface area contributed by atoms with Gasteiger partial charge in [0.25, 0.3) is 5.91 Å². The van der Waals surface area contributed by atoms with Crippen molar-refractivity contribution < 1.29 is 14.6 Å². The molecule has 0 aromatic heterocycles. The van der Waals surface area contributed by atoms with Crippen molar-refractivity contribution in [3.05, 3.63) is 96.3 Å². The van der Waals surface area contributed by atoms with Crippen LogP contribution in [0, 0.1) is 0 Å². The number of hydrogen-bond acceptors (Lipinski definition) is 4. The van der Waals surface area contributed by atoms with Gasteiger partial charge in [-0.25, -0.2) is 5.43 Å². The maximum atomic E-state index is 12.1. The number of carbonyl (C=O) groups is 1. The Balaban J connectivity index is 1.63. The Morgan fingerprint density at radius 3 is 2.42 bits per heavy atom. The van der Waals surface area contributed by atoms with Crippen molar-refractivity contribution >= 4 is 67.2 Å². The number of hydrazone groups is 1. The van der Waals surface area contributed by atoms with Crippen LogP contribution in [0.4, 0.5) is 0 Å². The molecule has 3 aromatic rings. The summed E-state index contributed by atoms with van der Waals surface area (Å²) < 4.78 is 7.25. The molecule has 0 saturated carbocycles. The first-order valence-electron chi connectivity index (χ1n) is 8.97. The van der Waals surface area contributed by atoms with Gasteiger partial charge in [-0.2, -0.15) is 5.10 Å². The van der Waals surface area contributed by atoms with Gasteiger partial charge in [0, 0.05) is 15.6 Å². The second kappa shape index (κ2) is 11.1. The summed E-state index contributed by atoms with van der Waals surface area (Å²) in [6.45, 7) is 0.258. The molecule has 5 nitrogen and oxygen atoms in total. The van der Waals surface area contributed by atoms with E-state index in [0.29, 0.717) is 35.9 Å². The maximum absolute atomic E-state index is 12.1. The molecule has 0 saturated heterocycles. The molecule has 0 heterocycles. The lowest BCUT2D eigenvalue weighted by Crippen LogP contribution is -2.25. The number of ether oxygens (including phenoxy) is 1. The first-order chi connectivity index (χ1) is 14.8. The number of aliphatic hydroxyl groups is 1. The molecule has 31 heavy (non-hydrogen) atoms. The molecule has 1 amide bonds. The van der Waals surface area contributed by atoms with E-state index >= 15 is 0 Å². The fourth-order valence-electron chi connectivity index (χ4n) is 2.60. The van der Waals surface area contributed by atoms with Gasteiger partial charge in [-0.15, -0.1) is 0 Å². The number of nitrogens with one attached hydrogen (secondary N) is 1. The molecule has 0 aliphatic heterocycles. The highest BCUT2D eigenvalue weighted by molar-refractivity contribution is 9.11. The minimum atomic E-state index is -1.30. The van der Waals surface area contributed by atoms with E-state index in [0.717, 1.165) is 5.56 Å². The number of halogens is 4. The molecular weight excluding hydrogens is 571 g/mol. The normalized spacial score (nSPS) is 12.0. The largest absolute Gasteiger partial charge is 0.486 e. The monoisotopic (exact) mass is 584 g/mol. The molecule has 0 aliphatic carbocycles. The molecule has 0 aliphatic rings. The zero-order chi connectivity index (χ0) is 22.4. The molecule has 0 spiro atoms. The topological polar surface area (TPSA) is 70.9 Å². The van der Waals surface area contributed by atoms with E-state index in [2.05, 4.69) is 42.4 Å². The lowest BCUT2D eigenvalue weighted by molar-refractivity contribution is -0.129. The summed E-state index contributed by atoms with van der Waals surface area (Å²) >= 11 is 19.1. The van der Waals surface area contributed by atoms with Crippen LogP contribution in [-0.2, 0) is 11.4 Å². The molecule has 0 fully saturated rings. The Hall–Kier alpha value is -1.90. The zero-order valence-corrected chi connectivity index (χ0v) is 20.5. The van der Waals surface area contributed by atoms with Crippen LogP contribution in [0.3, 0.4) is 0 Å². The number of amides is 1. The molecule has 9 heteroatoms. The lowest BCUT2D eigenvalue weighted by atomic mass is 10.1. The Morgan fingerprint density at radius 1 is 1.10 bits per heavy atom. The minimum Gasteiger partial charge on any atom is -0.486 e. The van der Waals surface area contributed by atoms with E-state index in [1.54, 1.807) is 60.7 Å². The van der Waals surface area contributed by atoms with Crippen molar-refractivity contribution in [1.82, 2.24) is 5.43 Å². The van der Waals surface area contributed by atoms with Crippen LogP contribution in [0.2, 0.25) is 10.0 Å². The molecule has 0 radical (unpaired) electrons. The van der Waals surface area contributed by atoms with E-state index in [-0.39, 0.29) is 6.61 Å². The first kappa shape index (κ1) is 23.8. The van der Waals surface area contributed by atoms with Gasteiger partial charge in [0.2, 0.25) is 0 Å². The van der Waals surface area contributed by atoms with Crippen molar-refractivity contribution in [2.45, 2.75) is 12.7 Å². The van der Waals surface area contributed by atoms with E-state index in [9.17, 15) is 9.90 Å². The summed E-state index contributed by atoms with van der Waals surface area (Å²) in [4.78, 5) is 12.1. The molecule has 3 rings (SSSR count). The second-order valence-corrected chi connectivity index (χ2v) is 8.94. The molecule has 0 unspecified atom stereocenters. The van der Waals surface area contributed by atoms with E-state index in [4.69, 9.17) is 27.9 Å². The molecule has 3 aromatic carbocycles. The molecule has 0 bridgehead atoms. The third-order valence-electron chi connectivity index (χ3n) is 4.16. The summed E-state index contributed by atoms with van der Waals surface area (Å²) in [5.74, 6) is -0.0351. The quantitative estimate of drug-likeness (QED) is 0.253. The fraction of sp³-hybridized carbons (Fsp3) is 0.0909.